The number of esters is 1. The first-order chi connectivity index (χ1) is 16.6. The molecule has 0 unspecified atom stereocenters. The fourth-order valence-electron chi connectivity index (χ4n) is 3.87. The average molecular weight is 479 g/mol. The molecule has 0 bridgehead atoms. The summed E-state index contributed by atoms with van der Waals surface area (Å²) in [5, 5.41) is 0. The molecule has 0 saturated heterocycles. The Kier molecular flexibility index (Phi) is 8.33. The monoisotopic (exact) mass is 478 g/mol. The van der Waals surface area contributed by atoms with Crippen LogP contribution in [0.2, 0.25) is 0 Å². The third-order valence-corrected chi connectivity index (χ3v) is 5.62. The highest BCUT2D eigenvalue weighted by atomic mass is 16.6. The normalized spacial score (nSPS) is 13.3. The van der Waals surface area contributed by atoms with Crippen molar-refractivity contribution in [3.8, 4) is 0 Å². The van der Waals surface area contributed by atoms with Crippen LogP contribution in [0.1, 0.15) is 56.1 Å². The Hall–Kier alpha value is -3.61. The number of carbonyl (C=O) groups is 3. The van der Waals surface area contributed by atoms with Gasteiger partial charge in [-0.2, -0.15) is 0 Å². The molecule has 7 nitrogen and oxygen atoms in total. The van der Waals surface area contributed by atoms with Crippen LogP contribution in [0.5, 0.6) is 0 Å². The van der Waals surface area contributed by atoms with Gasteiger partial charge in [-0.3, -0.25) is 4.79 Å². The Balaban J connectivity index is 1.64. The summed E-state index contributed by atoms with van der Waals surface area (Å²) in [5.74, 6) is -0.437. The molecule has 0 aliphatic carbocycles. The van der Waals surface area contributed by atoms with Gasteiger partial charge in [0.1, 0.15) is 12.2 Å². The van der Waals surface area contributed by atoms with Crippen molar-refractivity contribution >= 4 is 29.1 Å². The Morgan fingerprint density at radius 1 is 1.06 bits per heavy atom. The van der Waals surface area contributed by atoms with Crippen molar-refractivity contribution in [3.05, 3.63) is 71.4 Å². The molecule has 7 heteroatoms. The Morgan fingerprint density at radius 3 is 2.40 bits per heavy atom. The van der Waals surface area contributed by atoms with Crippen LogP contribution in [0.4, 0.5) is 10.5 Å². The van der Waals surface area contributed by atoms with E-state index in [1.807, 2.05) is 81.3 Å². The highest BCUT2D eigenvalue weighted by molar-refractivity contribution is 6.19. The van der Waals surface area contributed by atoms with E-state index in [1.54, 1.807) is 13.0 Å². The minimum absolute atomic E-state index is 0.00245. The van der Waals surface area contributed by atoms with Gasteiger partial charge in [-0.25, -0.2) is 9.59 Å². The van der Waals surface area contributed by atoms with Crippen molar-refractivity contribution in [1.82, 2.24) is 4.90 Å². The van der Waals surface area contributed by atoms with E-state index in [0.717, 1.165) is 29.8 Å². The van der Waals surface area contributed by atoms with Crippen molar-refractivity contribution in [1.29, 1.82) is 0 Å². The topological polar surface area (TPSA) is 76.2 Å². The van der Waals surface area contributed by atoms with Gasteiger partial charge >= 0.3 is 12.1 Å². The van der Waals surface area contributed by atoms with E-state index in [-0.39, 0.29) is 18.9 Å². The fourth-order valence-corrected chi connectivity index (χ4v) is 3.87. The van der Waals surface area contributed by atoms with Gasteiger partial charge in [0.2, 0.25) is 0 Å². The molecule has 1 aliphatic rings. The third-order valence-electron chi connectivity index (χ3n) is 5.62. The highest BCUT2D eigenvalue weighted by Crippen LogP contribution is 2.31. The van der Waals surface area contributed by atoms with Gasteiger partial charge in [0.15, 0.2) is 5.78 Å². The van der Waals surface area contributed by atoms with E-state index in [2.05, 4.69) is 0 Å². The lowest BCUT2D eigenvalue weighted by atomic mass is 10.0. The maximum absolute atomic E-state index is 12.6. The van der Waals surface area contributed by atoms with Gasteiger partial charge in [0.05, 0.1) is 12.1 Å². The molecule has 1 amide bonds. The Bertz CT molecular complexity index is 1100. The second kappa shape index (κ2) is 11.2. The molecule has 0 radical (unpaired) electrons. The molecule has 1 heterocycles. The predicted octanol–water partition coefficient (Wildman–Crippen LogP) is 5.09. The first-order valence-corrected chi connectivity index (χ1v) is 11.9. The smallest absolute Gasteiger partial charge is 0.410 e. The van der Waals surface area contributed by atoms with Gasteiger partial charge in [-0.1, -0.05) is 30.3 Å². The van der Waals surface area contributed by atoms with Gasteiger partial charge in [-0.15, -0.1) is 0 Å². The van der Waals surface area contributed by atoms with E-state index in [0.29, 0.717) is 17.7 Å². The number of ketones is 1. The van der Waals surface area contributed by atoms with E-state index in [9.17, 15) is 14.4 Å². The number of hydrogen-bond acceptors (Lipinski definition) is 6. The number of rotatable bonds is 8. The highest BCUT2D eigenvalue weighted by Gasteiger charge is 2.23. The van der Waals surface area contributed by atoms with Crippen molar-refractivity contribution in [2.24, 2.45) is 0 Å². The summed E-state index contributed by atoms with van der Waals surface area (Å²) in [6, 6.07) is 15.0. The second-order valence-corrected chi connectivity index (χ2v) is 9.45. The van der Waals surface area contributed by atoms with E-state index < -0.39 is 17.7 Å². The molecule has 1 aliphatic heterocycles. The van der Waals surface area contributed by atoms with Crippen molar-refractivity contribution in [2.75, 3.05) is 31.1 Å². The van der Waals surface area contributed by atoms with Crippen LogP contribution in [0.15, 0.2) is 54.7 Å². The van der Waals surface area contributed by atoms with Crippen LogP contribution < -0.4 is 4.90 Å². The molecule has 0 fully saturated rings. The quantitative estimate of drug-likeness (QED) is 0.388. The molecule has 0 saturated carbocycles. The van der Waals surface area contributed by atoms with Gasteiger partial charge in [0, 0.05) is 30.5 Å². The van der Waals surface area contributed by atoms with Gasteiger partial charge in [-0.05, 0) is 70.4 Å². The molecule has 2 aromatic rings. The van der Waals surface area contributed by atoms with E-state index in [4.69, 9.17) is 9.47 Å². The lowest BCUT2D eigenvalue weighted by Gasteiger charge is -2.26. The zero-order chi connectivity index (χ0) is 25.6. The summed E-state index contributed by atoms with van der Waals surface area (Å²) < 4.78 is 10.8. The van der Waals surface area contributed by atoms with Crippen molar-refractivity contribution < 1.29 is 23.9 Å². The molecule has 0 spiro atoms. The van der Waals surface area contributed by atoms with Crippen molar-refractivity contribution in [2.45, 2.75) is 46.6 Å². The van der Waals surface area contributed by atoms with E-state index in [1.165, 1.54) is 4.90 Å². The number of allylic oxidation sites excluding steroid dienone is 1. The predicted molar refractivity (Wildman–Crippen MR) is 136 cm³/mol. The number of amides is 1. The number of carbonyl (C=O) groups excluding carboxylic acids is 3. The second-order valence-electron chi connectivity index (χ2n) is 9.45. The number of fused-ring (bicyclic) bond motifs is 1. The number of Topliss-reactive ketones (excluding diaryl/α,β-unsaturated/α-hetero) is 1. The Labute approximate surface area is 207 Å². The molecular formula is C28H34N2O5. The summed E-state index contributed by atoms with van der Waals surface area (Å²) in [4.78, 5) is 40.7. The third kappa shape index (κ3) is 6.94. The largest absolute Gasteiger partial charge is 0.460 e. The number of hydrogen-bond donors (Lipinski definition) is 0. The maximum atomic E-state index is 12.6. The molecule has 0 aromatic heterocycles. The molecule has 0 N–H and O–H groups in total. The Morgan fingerprint density at radius 2 is 1.77 bits per heavy atom. The summed E-state index contributed by atoms with van der Waals surface area (Å²) in [6.45, 7) is 10.4. The summed E-state index contributed by atoms with van der Waals surface area (Å²) in [7, 11) is 0. The first-order valence-electron chi connectivity index (χ1n) is 11.9. The SMILES string of the molecule is CCN(CCOC(=O)c1ccc2c(c1)CCN2/C=C(\C(C)=O)c1ccccc1)C(=O)OC(C)(C)C. The van der Waals surface area contributed by atoms with Crippen LogP contribution in [-0.2, 0) is 20.7 Å². The molecule has 2 aromatic carbocycles. The number of benzene rings is 2. The number of anilines is 1. The number of ether oxygens (including phenoxy) is 2. The van der Waals surface area contributed by atoms with Crippen LogP contribution in [0, 0.1) is 0 Å². The van der Waals surface area contributed by atoms with Crippen LogP contribution in [-0.4, -0.2) is 54.6 Å². The van der Waals surface area contributed by atoms with Gasteiger partial charge < -0.3 is 19.3 Å². The van der Waals surface area contributed by atoms with Crippen LogP contribution in [0.3, 0.4) is 0 Å². The lowest BCUT2D eigenvalue weighted by Crippen LogP contribution is -2.38. The molecule has 3 rings (SSSR count). The van der Waals surface area contributed by atoms with Crippen LogP contribution >= 0.6 is 0 Å². The zero-order valence-corrected chi connectivity index (χ0v) is 21.2. The minimum atomic E-state index is -0.582. The summed E-state index contributed by atoms with van der Waals surface area (Å²) >= 11 is 0. The van der Waals surface area contributed by atoms with E-state index >= 15 is 0 Å². The standard InChI is InChI=1S/C28H34N2O5/c1-6-29(27(33)35-28(3,4)5)16-17-34-26(32)23-12-13-25-22(18-23)14-15-30(25)19-24(20(2)31)21-10-8-7-9-11-21/h7-13,18-19H,6,14-17H2,1-5H3/b24-19+. The summed E-state index contributed by atoms with van der Waals surface area (Å²) in [5.41, 5.74) is 3.40. The van der Waals surface area contributed by atoms with Crippen molar-refractivity contribution in [3.63, 3.8) is 0 Å². The van der Waals surface area contributed by atoms with Gasteiger partial charge in [0.25, 0.3) is 0 Å². The molecular weight excluding hydrogens is 444 g/mol. The lowest BCUT2D eigenvalue weighted by molar-refractivity contribution is -0.111. The minimum Gasteiger partial charge on any atom is -0.460 e. The molecule has 0 atom stereocenters. The maximum Gasteiger partial charge on any atom is 0.410 e. The molecule has 35 heavy (non-hydrogen) atoms. The zero-order valence-electron chi connectivity index (χ0n) is 21.2. The fraction of sp³-hybridized carbons (Fsp3) is 0.393. The number of nitrogens with zero attached hydrogens (tertiary/aromatic N) is 2. The molecule has 186 valence electrons. The van der Waals surface area contributed by atoms with Crippen LogP contribution in [0.25, 0.3) is 5.57 Å². The number of likely N-dealkylation sites (N-methyl/N-ethyl adjacent to an activating group) is 1. The average Bonchev–Trinajstić information content (AvgIpc) is 3.21. The first kappa shape index (κ1) is 26.0. The summed E-state index contributed by atoms with van der Waals surface area (Å²) in [6.07, 6.45) is 2.22.